The first-order valence-electron chi connectivity index (χ1n) is 8.39. The Kier molecular flexibility index (Phi) is 1.77. The van der Waals surface area contributed by atoms with Crippen LogP contribution in [0, 0.1) is 22.7 Å². The van der Waals surface area contributed by atoms with Crippen LogP contribution in [0.25, 0.3) is 0 Å². The Bertz CT molecular complexity index is 776. The van der Waals surface area contributed by atoms with Crippen molar-refractivity contribution >= 4 is 0 Å². The first-order valence-corrected chi connectivity index (χ1v) is 8.39. The molecule has 6 atom stereocenters. The molecule has 1 aromatic carbocycles. The van der Waals surface area contributed by atoms with Gasteiger partial charge in [0.05, 0.1) is 14.2 Å². The van der Waals surface area contributed by atoms with Crippen LogP contribution in [0.15, 0.2) is 36.4 Å². The van der Waals surface area contributed by atoms with Crippen molar-refractivity contribution in [2.45, 2.75) is 24.7 Å². The Morgan fingerprint density at radius 2 is 1.55 bits per heavy atom. The average Bonchev–Trinajstić information content (AvgIpc) is 3.10. The molecule has 0 N–H and O–H groups in total. The number of hydrogen-bond donors (Lipinski definition) is 0. The highest BCUT2D eigenvalue weighted by atomic mass is 16.5. The van der Waals surface area contributed by atoms with Gasteiger partial charge >= 0.3 is 0 Å². The topological polar surface area (TPSA) is 18.5 Å². The van der Waals surface area contributed by atoms with Gasteiger partial charge in [-0.25, -0.2) is 0 Å². The zero-order valence-corrected chi connectivity index (χ0v) is 13.0. The highest BCUT2D eigenvalue weighted by Gasteiger charge is 2.84. The van der Waals surface area contributed by atoms with Crippen molar-refractivity contribution in [3.8, 4) is 11.5 Å². The number of benzene rings is 1. The van der Waals surface area contributed by atoms with Crippen LogP contribution in [0.3, 0.4) is 0 Å². The third-order valence-corrected chi connectivity index (χ3v) is 7.52. The molecule has 2 fully saturated rings. The molecule has 1 aromatic rings. The molecule has 0 aromatic heterocycles. The van der Waals surface area contributed by atoms with Crippen molar-refractivity contribution in [2.24, 2.45) is 22.7 Å². The molecule has 2 saturated carbocycles. The standard InChI is InChI=1S/C20H20O2/c1-21-11-5-6-12(22-2)14-13(11)15-16-17(14)19-7-3-4-8-20(19,10-9-19)18(15)16/h3-6,9-10,15-18H,7-8H2,1-2H3/t15-,16-,17+,18-,19-,20-/m0/s1. The van der Waals surface area contributed by atoms with Gasteiger partial charge in [0.2, 0.25) is 0 Å². The quantitative estimate of drug-likeness (QED) is 0.766. The second kappa shape index (κ2) is 3.29. The predicted octanol–water partition coefficient (Wildman–Crippen LogP) is 4.04. The molecule has 0 amide bonds. The minimum absolute atomic E-state index is 0.360. The van der Waals surface area contributed by atoms with Crippen molar-refractivity contribution in [2.75, 3.05) is 14.2 Å². The van der Waals surface area contributed by atoms with E-state index in [1.807, 2.05) is 0 Å². The van der Waals surface area contributed by atoms with Gasteiger partial charge in [-0.15, -0.1) is 0 Å². The zero-order valence-electron chi connectivity index (χ0n) is 13.0. The van der Waals surface area contributed by atoms with Gasteiger partial charge < -0.3 is 9.47 Å². The first kappa shape index (κ1) is 11.8. The Hall–Kier alpha value is -1.70. The fraction of sp³-hybridized carbons (Fsp3) is 0.500. The molecule has 6 rings (SSSR count). The van der Waals surface area contributed by atoms with Crippen LogP contribution in [-0.2, 0) is 0 Å². The molecule has 0 bridgehead atoms. The molecular weight excluding hydrogens is 272 g/mol. The molecule has 112 valence electrons. The number of methoxy groups -OCH3 is 2. The maximum absolute atomic E-state index is 5.76. The highest BCUT2D eigenvalue weighted by molar-refractivity contribution is 5.67. The Morgan fingerprint density at radius 1 is 0.909 bits per heavy atom. The molecule has 0 unspecified atom stereocenters. The molecule has 5 aliphatic rings. The lowest BCUT2D eigenvalue weighted by molar-refractivity contribution is 0.0837. The van der Waals surface area contributed by atoms with Crippen LogP contribution in [0.1, 0.15) is 35.8 Å². The van der Waals surface area contributed by atoms with Crippen LogP contribution < -0.4 is 9.47 Å². The van der Waals surface area contributed by atoms with Crippen LogP contribution in [-0.4, -0.2) is 14.2 Å². The molecule has 0 saturated heterocycles. The van der Waals surface area contributed by atoms with E-state index >= 15 is 0 Å². The molecule has 0 aliphatic heterocycles. The largest absolute Gasteiger partial charge is 0.496 e. The van der Waals surface area contributed by atoms with E-state index in [2.05, 4.69) is 36.4 Å². The molecular formula is C20H20O2. The Morgan fingerprint density at radius 3 is 2.18 bits per heavy atom. The smallest absolute Gasteiger partial charge is 0.122 e. The maximum Gasteiger partial charge on any atom is 0.122 e. The third-order valence-electron chi connectivity index (χ3n) is 7.52. The molecule has 22 heavy (non-hydrogen) atoms. The zero-order chi connectivity index (χ0) is 14.7. The normalized spacial score (nSPS) is 47.2. The van der Waals surface area contributed by atoms with Crippen LogP contribution >= 0.6 is 0 Å². The van der Waals surface area contributed by atoms with E-state index in [1.165, 1.54) is 24.0 Å². The van der Waals surface area contributed by atoms with Crippen LogP contribution in [0.2, 0.25) is 0 Å². The van der Waals surface area contributed by atoms with Gasteiger partial charge in [-0.2, -0.15) is 0 Å². The summed E-state index contributed by atoms with van der Waals surface area (Å²) in [6.45, 7) is 0. The van der Waals surface area contributed by atoms with E-state index in [1.54, 1.807) is 14.2 Å². The summed E-state index contributed by atoms with van der Waals surface area (Å²) >= 11 is 0. The Balaban J connectivity index is 1.64. The van der Waals surface area contributed by atoms with E-state index in [0.29, 0.717) is 22.7 Å². The number of rotatable bonds is 2. The van der Waals surface area contributed by atoms with E-state index < -0.39 is 0 Å². The van der Waals surface area contributed by atoms with Crippen molar-refractivity contribution in [1.29, 1.82) is 0 Å². The lowest BCUT2D eigenvalue weighted by Crippen LogP contribution is -2.48. The SMILES string of the molecule is COc1ccc(OC)c2c1[C@H]1[C@@H]3[C@H]1[C@]14C=C[C@@]1(CC=CC4)[C@H]23. The van der Waals surface area contributed by atoms with E-state index in [9.17, 15) is 0 Å². The molecule has 0 radical (unpaired) electrons. The fourth-order valence-electron chi connectivity index (χ4n) is 6.86. The van der Waals surface area contributed by atoms with Gasteiger partial charge in [-0.05, 0) is 42.7 Å². The summed E-state index contributed by atoms with van der Waals surface area (Å²) in [6.07, 6.45) is 12.3. The van der Waals surface area contributed by atoms with Crippen LogP contribution in [0.4, 0.5) is 0 Å². The van der Waals surface area contributed by atoms with Gasteiger partial charge in [0.1, 0.15) is 11.5 Å². The number of allylic oxidation sites excluding steroid dienone is 4. The van der Waals surface area contributed by atoms with Gasteiger partial charge in [0.25, 0.3) is 0 Å². The summed E-state index contributed by atoms with van der Waals surface area (Å²) in [5.74, 6) is 5.14. The van der Waals surface area contributed by atoms with Gasteiger partial charge in [0.15, 0.2) is 0 Å². The molecule has 0 heterocycles. The van der Waals surface area contributed by atoms with E-state index in [4.69, 9.17) is 9.47 Å². The van der Waals surface area contributed by atoms with Crippen molar-refractivity contribution in [1.82, 2.24) is 0 Å². The number of hydrogen-bond acceptors (Lipinski definition) is 2. The predicted molar refractivity (Wildman–Crippen MR) is 84.4 cm³/mol. The highest BCUT2D eigenvalue weighted by Crippen LogP contribution is 2.91. The summed E-state index contributed by atoms with van der Waals surface area (Å²) in [6, 6.07) is 4.21. The first-order chi connectivity index (χ1) is 10.8. The van der Waals surface area contributed by atoms with Crippen LogP contribution in [0.5, 0.6) is 11.5 Å². The lowest BCUT2D eigenvalue weighted by Gasteiger charge is -2.55. The lowest BCUT2D eigenvalue weighted by atomic mass is 9.48. The average molecular weight is 292 g/mol. The monoisotopic (exact) mass is 292 g/mol. The van der Waals surface area contributed by atoms with Gasteiger partial charge in [0, 0.05) is 27.9 Å². The molecule has 0 spiro atoms. The summed E-state index contributed by atoms with van der Waals surface area (Å²) in [4.78, 5) is 0. The molecule has 5 aliphatic carbocycles. The Labute approximate surface area is 130 Å². The van der Waals surface area contributed by atoms with E-state index in [0.717, 1.165) is 23.3 Å². The van der Waals surface area contributed by atoms with E-state index in [-0.39, 0.29) is 0 Å². The summed E-state index contributed by atoms with van der Waals surface area (Å²) in [5.41, 5.74) is 3.73. The van der Waals surface area contributed by atoms with Crippen molar-refractivity contribution in [3.63, 3.8) is 0 Å². The summed E-state index contributed by atoms with van der Waals surface area (Å²) < 4.78 is 11.5. The maximum atomic E-state index is 5.76. The number of fused-ring (bicyclic) bond motifs is 4. The summed E-state index contributed by atoms with van der Waals surface area (Å²) in [7, 11) is 3.61. The fourth-order valence-corrected chi connectivity index (χ4v) is 6.86. The van der Waals surface area contributed by atoms with Gasteiger partial charge in [-0.1, -0.05) is 24.3 Å². The molecule has 2 nitrogen and oxygen atoms in total. The molecule has 2 heteroatoms. The summed E-state index contributed by atoms with van der Waals surface area (Å²) in [5, 5.41) is 0. The number of ether oxygens (including phenoxy) is 2. The third kappa shape index (κ3) is 0.893. The second-order valence-corrected chi connectivity index (χ2v) is 7.70. The van der Waals surface area contributed by atoms with Crippen molar-refractivity contribution < 1.29 is 9.47 Å². The minimum Gasteiger partial charge on any atom is -0.496 e. The second-order valence-electron chi connectivity index (χ2n) is 7.70. The minimum atomic E-state index is 0.360. The van der Waals surface area contributed by atoms with Crippen molar-refractivity contribution in [3.05, 3.63) is 47.6 Å². The van der Waals surface area contributed by atoms with Gasteiger partial charge in [-0.3, -0.25) is 0 Å².